The number of nitriles is 2. The van der Waals surface area contributed by atoms with Gasteiger partial charge in [0.25, 0.3) is 0 Å². The first kappa shape index (κ1) is 14.0. The second kappa shape index (κ2) is 6.03. The van der Waals surface area contributed by atoms with Gasteiger partial charge in [-0.2, -0.15) is 10.5 Å². The quantitative estimate of drug-likeness (QED) is 0.643. The standard InChI is InChI=1S/C12H8IN3O2/c1-7-2-9(13)3-10(12(17)18)11(7)16-6-8(4-14)5-15/h2-3,6,16H,1H3,(H,17,18). The van der Waals surface area contributed by atoms with E-state index in [9.17, 15) is 4.79 Å². The van der Waals surface area contributed by atoms with Crippen molar-refractivity contribution in [2.75, 3.05) is 5.32 Å². The minimum Gasteiger partial charge on any atom is -0.478 e. The lowest BCUT2D eigenvalue weighted by molar-refractivity contribution is 0.0698. The minimum atomic E-state index is -1.07. The molecule has 0 aliphatic rings. The number of aromatic carboxylic acids is 1. The summed E-state index contributed by atoms with van der Waals surface area (Å²) in [5, 5.41) is 29.0. The van der Waals surface area contributed by atoms with Crippen LogP contribution >= 0.6 is 22.6 Å². The zero-order valence-electron chi connectivity index (χ0n) is 9.36. The van der Waals surface area contributed by atoms with Crippen LogP contribution in [-0.2, 0) is 0 Å². The summed E-state index contributed by atoms with van der Waals surface area (Å²) in [5.74, 6) is -1.07. The average Bonchev–Trinajstić information content (AvgIpc) is 2.31. The summed E-state index contributed by atoms with van der Waals surface area (Å²) in [7, 11) is 0. The molecule has 0 aliphatic heterocycles. The molecule has 0 heterocycles. The van der Waals surface area contributed by atoms with E-state index in [2.05, 4.69) is 5.32 Å². The highest BCUT2D eigenvalue weighted by Crippen LogP contribution is 2.24. The molecular formula is C12H8IN3O2. The summed E-state index contributed by atoms with van der Waals surface area (Å²) in [6.45, 7) is 1.75. The predicted octanol–water partition coefficient (Wildman–Crippen LogP) is 2.64. The number of allylic oxidation sites excluding steroid dienone is 1. The number of carbonyl (C=O) groups is 1. The van der Waals surface area contributed by atoms with Crippen LogP contribution in [0.5, 0.6) is 0 Å². The Hall–Kier alpha value is -2.06. The number of halogens is 1. The van der Waals surface area contributed by atoms with E-state index >= 15 is 0 Å². The fourth-order valence-corrected chi connectivity index (χ4v) is 2.12. The first-order valence-corrected chi connectivity index (χ1v) is 5.87. The van der Waals surface area contributed by atoms with Crippen LogP contribution in [0.1, 0.15) is 15.9 Å². The molecule has 0 atom stereocenters. The molecule has 0 aromatic heterocycles. The molecular weight excluding hydrogens is 345 g/mol. The van der Waals surface area contributed by atoms with Gasteiger partial charge in [0, 0.05) is 9.77 Å². The van der Waals surface area contributed by atoms with Crippen LogP contribution in [0.15, 0.2) is 23.9 Å². The lowest BCUT2D eigenvalue weighted by Crippen LogP contribution is -2.05. The Labute approximate surface area is 117 Å². The average molecular weight is 353 g/mol. The van der Waals surface area contributed by atoms with Gasteiger partial charge in [-0.25, -0.2) is 4.79 Å². The fourth-order valence-electron chi connectivity index (χ4n) is 1.34. The molecule has 0 unspecified atom stereocenters. The molecule has 0 radical (unpaired) electrons. The van der Waals surface area contributed by atoms with Crippen molar-refractivity contribution >= 4 is 34.2 Å². The molecule has 18 heavy (non-hydrogen) atoms. The summed E-state index contributed by atoms with van der Waals surface area (Å²) in [6.07, 6.45) is 1.20. The van der Waals surface area contributed by atoms with Crippen molar-refractivity contribution < 1.29 is 9.90 Å². The van der Waals surface area contributed by atoms with Crippen molar-refractivity contribution in [1.29, 1.82) is 10.5 Å². The molecule has 1 aromatic rings. The lowest BCUT2D eigenvalue weighted by atomic mass is 10.1. The molecule has 0 amide bonds. The van der Waals surface area contributed by atoms with Crippen molar-refractivity contribution in [3.63, 3.8) is 0 Å². The fraction of sp³-hybridized carbons (Fsp3) is 0.0833. The van der Waals surface area contributed by atoms with Crippen LogP contribution in [0, 0.1) is 33.2 Å². The van der Waals surface area contributed by atoms with Crippen LogP contribution in [-0.4, -0.2) is 11.1 Å². The minimum absolute atomic E-state index is 0.103. The molecule has 0 saturated heterocycles. The Bertz CT molecular complexity index is 593. The normalized spacial score (nSPS) is 8.89. The van der Waals surface area contributed by atoms with Crippen molar-refractivity contribution in [2.24, 2.45) is 0 Å². The van der Waals surface area contributed by atoms with Crippen molar-refractivity contribution in [1.82, 2.24) is 0 Å². The third-order valence-corrected chi connectivity index (χ3v) is 2.76. The van der Waals surface area contributed by atoms with E-state index in [1.807, 2.05) is 28.7 Å². The molecule has 1 aromatic carbocycles. The van der Waals surface area contributed by atoms with Crippen LogP contribution < -0.4 is 5.32 Å². The monoisotopic (exact) mass is 353 g/mol. The van der Waals surface area contributed by atoms with Gasteiger partial charge in [0.15, 0.2) is 0 Å². The van der Waals surface area contributed by atoms with Crippen LogP contribution in [0.25, 0.3) is 0 Å². The van der Waals surface area contributed by atoms with Gasteiger partial charge in [-0.1, -0.05) is 0 Å². The van der Waals surface area contributed by atoms with E-state index in [0.29, 0.717) is 5.69 Å². The second-order valence-corrected chi connectivity index (χ2v) is 4.62. The summed E-state index contributed by atoms with van der Waals surface area (Å²) < 4.78 is 0.804. The zero-order valence-corrected chi connectivity index (χ0v) is 11.5. The van der Waals surface area contributed by atoms with Gasteiger partial charge < -0.3 is 10.4 Å². The molecule has 5 nitrogen and oxygen atoms in total. The number of anilines is 1. The maximum absolute atomic E-state index is 11.1. The van der Waals surface area contributed by atoms with E-state index in [1.54, 1.807) is 19.1 Å². The maximum Gasteiger partial charge on any atom is 0.337 e. The van der Waals surface area contributed by atoms with E-state index < -0.39 is 5.97 Å². The highest BCUT2D eigenvalue weighted by atomic mass is 127. The van der Waals surface area contributed by atoms with Gasteiger partial charge in [0.1, 0.15) is 17.7 Å². The summed E-state index contributed by atoms with van der Waals surface area (Å²) in [6, 6.07) is 6.71. The maximum atomic E-state index is 11.1. The van der Waals surface area contributed by atoms with E-state index in [-0.39, 0.29) is 11.1 Å². The first-order valence-electron chi connectivity index (χ1n) is 4.80. The first-order chi connectivity index (χ1) is 8.49. The van der Waals surface area contributed by atoms with Gasteiger partial charge in [-0.05, 0) is 47.2 Å². The highest BCUT2D eigenvalue weighted by Gasteiger charge is 2.13. The number of carboxylic acid groups (broad SMARTS) is 1. The number of carboxylic acids is 1. The number of benzene rings is 1. The number of hydrogen-bond acceptors (Lipinski definition) is 4. The summed E-state index contributed by atoms with van der Waals surface area (Å²) in [4.78, 5) is 11.1. The molecule has 6 heteroatoms. The number of nitrogens with one attached hydrogen (secondary N) is 1. The summed E-state index contributed by atoms with van der Waals surface area (Å²) in [5.41, 5.74) is 1.09. The number of aryl methyl sites for hydroxylation is 1. The molecule has 2 N–H and O–H groups in total. The van der Waals surface area contributed by atoms with Gasteiger partial charge in [-0.15, -0.1) is 0 Å². The SMILES string of the molecule is Cc1cc(I)cc(C(=O)O)c1NC=C(C#N)C#N. The third-order valence-electron chi connectivity index (χ3n) is 2.13. The lowest BCUT2D eigenvalue weighted by Gasteiger charge is -2.10. The van der Waals surface area contributed by atoms with E-state index in [0.717, 1.165) is 9.13 Å². The van der Waals surface area contributed by atoms with Gasteiger partial charge in [-0.3, -0.25) is 0 Å². The Morgan fingerprint density at radius 3 is 2.56 bits per heavy atom. The third kappa shape index (κ3) is 3.22. The molecule has 0 spiro atoms. The Morgan fingerprint density at radius 1 is 1.44 bits per heavy atom. The van der Waals surface area contributed by atoms with Gasteiger partial charge in [0.2, 0.25) is 0 Å². The van der Waals surface area contributed by atoms with Crippen LogP contribution in [0.2, 0.25) is 0 Å². The van der Waals surface area contributed by atoms with Crippen molar-refractivity contribution in [3.8, 4) is 12.1 Å². The molecule has 90 valence electrons. The highest BCUT2D eigenvalue weighted by molar-refractivity contribution is 14.1. The smallest absolute Gasteiger partial charge is 0.337 e. The van der Waals surface area contributed by atoms with Crippen molar-refractivity contribution in [2.45, 2.75) is 6.92 Å². The Kier molecular flexibility index (Phi) is 4.69. The largest absolute Gasteiger partial charge is 0.478 e. The number of rotatable bonds is 3. The Morgan fingerprint density at radius 2 is 2.06 bits per heavy atom. The molecule has 0 bridgehead atoms. The molecule has 0 saturated carbocycles. The topological polar surface area (TPSA) is 96.9 Å². The molecule has 0 aliphatic carbocycles. The van der Waals surface area contributed by atoms with Gasteiger partial charge >= 0.3 is 5.97 Å². The van der Waals surface area contributed by atoms with Gasteiger partial charge in [0.05, 0.1) is 11.3 Å². The second-order valence-electron chi connectivity index (χ2n) is 3.38. The zero-order chi connectivity index (χ0) is 13.7. The van der Waals surface area contributed by atoms with E-state index in [4.69, 9.17) is 15.6 Å². The van der Waals surface area contributed by atoms with Crippen molar-refractivity contribution in [3.05, 3.63) is 38.6 Å². The predicted molar refractivity (Wildman–Crippen MR) is 73.8 cm³/mol. The van der Waals surface area contributed by atoms with E-state index in [1.165, 1.54) is 12.3 Å². The molecule has 1 rings (SSSR count). The van der Waals surface area contributed by atoms with Crippen LogP contribution in [0.3, 0.4) is 0 Å². The summed E-state index contributed by atoms with van der Waals surface area (Å²) >= 11 is 2.03. The number of hydrogen-bond donors (Lipinski definition) is 2. The van der Waals surface area contributed by atoms with Crippen LogP contribution in [0.4, 0.5) is 5.69 Å². The number of nitrogens with zero attached hydrogens (tertiary/aromatic N) is 2. The molecule has 0 fully saturated rings. The Balaban J connectivity index is 3.26.